The van der Waals surface area contributed by atoms with Crippen LogP contribution in [0, 0.1) is 11.8 Å². The van der Waals surface area contributed by atoms with E-state index in [9.17, 15) is 9.90 Å². The third kappa shape index (κ3) is 2.69. The molecule has 0 bridgehead atoms. The lowest BCUT2D eigenvalue weighted by molar-refractivity contribution is -0.144. The first-order chi connectivity index (χ1) is 8.08. The average molecular weight is 238 g/mol. The second-order valence-corrected chi connectivity index (χ2v) is 4.85. The molecule has 0 saturated heterocycles. The Labute approximate surface area is 101 Å². The molecule has 0 aliphatic heterocycles. The number of carbonyl (C=O) groups excluding carboxylic acids is 1. The van der Waals surface area contributed by atoms with E-state index in [1.54, 1.807) is 0 Å². The molecular weight excluding hydrogens is 220 g/mol. The maximum atomic E-state index is 11.4. The van der Waals surface area contributed by atoms with Gasteiger partial charge < -0.3 is 14.9 Å². The predicted molar refractivity (Wildman–Crippen MR) is 62.2 cm³/mol. The maximum Gasteiger partial charge on any atom is 0.331 e. The average Bonchev–Trinajstić information content (AvgIpc) is 2.81. The van der Waals surface area contributed by atoms with Crippen LogP contribution in [0.25, 0.3) is 0 Å². The zero-order valence-corrected chi connectivity index (χ0v) is 9.71. The number of allylic oxidation sites excluding steroid dienone is 1. The number of aliphatic hydroxyl groups is 2. The van der Waals surface area contributed by atoms with Gasteiger partial charge in [0.2, 0.25) is 0 Å². The van der Waals surface area contributed by atoms with Gasteiger partial charge in [-0.15, -0.1) is 0 Å². The lowest BCUT2D eigenvalue weighted by Crippen LogP contribution is -2.23. The Morgan fingerprint density at radius 3 is 2.59 bits per heavy atom. The molecule has 4 atom stereocenters. The molecule has 0 aromatic carbocycles. The van der Waals surface area contributed by atoms with Crippen LogP contribution in [-0.4, -0.2) is 28.4 Å². The molecule has 2 rings (SSSR count). The number of carbonyl (C=O) groups is 1. The highest BCUT2D eigenvalue weighted by Gasteiger charge is 2.45. The summed E-state index contributed by atoms with van der Waals surface area (Å²) in [5, 5.41) is 18.6. The van der Waals surface area contributed by atoms with E-state index in [4.69, 9.17) is 9.84 Å². The normalized spacial score (nSPS) is 36.1. The largest absolute Gasteiger partial charge is 0.509 e. The van der Waals surface area contributed by atoms with Crippen molar-refractivity contribution in [2.75, 3.05) is 0 Å². The minimum atomic E-state index is -0.452. The van der Waals surface area contributed by atoms with Crippen LogP contribution in [0.3, 0.4) is 0 Å². The van der Waals surface area contributed by atoms with Crippen molar-refractivity contribution in [3.05, 3.63) is 24.5 Å². The zero-order valence-electron chi connectivity index (χ0n) is 9.71. The minimum absolute atomic E-state index is 0.0822. The van der Waals surface area contributed by atoms with Gasteiger partial charge in [0.05, 0.1) is 6.10 Å². The second kappa shape index (κ2) is 4.92. The summed E-state index contributed by atoms with van der Waals surface area (Å²) >= 11 is 0. The highest BCUT2D eigenvalue weighted by Crippen LogP contribution is 2.45. The number of hydrogen-bond acceptors (Lipinski definition) is 4. The van der Waals surface area contributed by atoms with Gasteiger partial charge in [-0.05, 0) is 37.7 Å². The van der Waals surface area contributed by atoms with Gasteiger partial charge in [-0.25, -0.2) is 4.79 Å². The van der Waals surface area contributed by atoms with Crippen LogP contribution in [0.15, 0.2) is 24.5 Å². The van der Waals surface area contributed by atoms with E-state index in [-0.39, 0.29) is 18.0 Å². The highest BCUT2D eigenvalue weighted by atomic mass is 16.5. The molecule has 17 heavy (non-hydrogen) atoms. The molecule has 0 unspecified atom stereocenters. The maximum absolute atomic E-state index is 11.4. The number of fused-ring (bicyclic) bond motifs is 1. The minimum Gasteiger partial charge on any atom is -0.509 e. The van der Waals surface area contributed by atoms with Gasteiger partial charge in [0.15, 0.2) is 0 Å². The van der Waals surface area contributed by atoms with Crippen molar-refractivity contribution in [2.45, 2.75) is 37.9 Å². The summed E-state index contributed by atoms with van der Waals surface area (Å²) in [7, 11) is 0. The fourth-order valence-electron chi connectivity index (χ4n) is 3.01. The Balaban J connectivity index is 1.88. The smallest absolute Gasteiger partial charge is 0.331 e. The SMILES string of the molecule is C=C(O)/C=C\C(=O)O[C@H]1CC[C@H]2[C@@H]1CC[C@H]2O. The monoisotopic (exact) mass is 238 g/mol. The van der Waals surface area contributed by atoms with Crippen molar-refractivity contribution in [1.29, 1.82) is 0 Å². The van der Waals surface area contributed by atoms with Crippen LogP contribution in [0.5, 0.6) is 0 Å². The van der Waals surface area contributed by atoms with Crippen molar-refractivity contribution in [1.82, 2.24) is 0 Å². The number of rotatable bonds is 3. The van der Waals surface area contributed by atoms with Crippen LogP contribution in [0.4, 0.5) is 0 Å². The van der Waals surface area contributed by atoms with E-state index in [2.05, 4.69) is 6.58 Å². The van der Waals surface area contributed by atoms with Gasteiger partial charge >= 0.3 is 5.97 Å². The molecular formula is C13H18O4. The quantitative estimate of drug-likeness (QED) is 0.340. The molecule has 2 N–H and O–H groups in total. The lowest BCUT2D eigenvalue weighted by Gasteiger charge is -2.18. The van der Waals surface area contributed by atoms with Crippen LogP contribution in [-0.2, 0) is 9.53 Å². The third-order valence-electron chi connectivity index (χ3n) is 3.78. The van der Waals surface area contributed by atoms with Crippen molar-refractivity contribution in [3.63, 3.8) is 0 Å². The first-order valence-corrected chi connectivity index (χ1v) is 6.02. The third-order valence-corrected chi connectivity index (χ3v) is 3.78. The van der Waals surface area contributed by atoms with E-state index in [1.807, 2.05) is 0 Å². The van der Waals surface area contributed by atoms with E-state index >= 15 is 0 Å². The first kappa shape index (κ1) is 12.2. The molecule has 0 aromatic heterocycles. The Hall–Kier alpha value is -1.29. The first-order valence-electron chi connectivity index (χ1n) is 6.02. The zero-order chi connectivity index (χ0) is 12.4. The fraction of sp³-hybridized carbons (Fsp3) is 0.615. The Bertz CT molecular complexity index is 347. The molecule has 0 aromatic rings. The standard InChI is InChI=1S/C13H18O4/c1-8(14)2-7-13(16)17-12-6-4-9-10(12)3-5-11(9)15/h2,7,9-12,14-15H,1,3-6H2/b7-2-/t9-,10-,11+,12-/m0/s1. The van der Waals surface area contributed by atoms with Crippen LogP contribution in [0.1, 0.15) is 25.7 Å². The van der Waals surface area contributed by atoms with Crippen LogP contribution < -0.4 is 0 Å². The molecule has 4 heteroatoms. The molecule has 0 amide bonds. The molecule has 0 spiro atoms. The summed E-state index contributed by atoms with van der Waals surface area (Å²) < 4.78 is 5.33. The van der Waals surface area contributed by atoms with Crippen molar-refractivity contribution < 1.29 is 19.7 Å². The van der Waals surface area contributed by atoms with E-state index in [1.165, 1.54) is 12.2 Å². The summed E-state index contributed by atoms with van der Waals surface area (Å²) in [5.74, 6) is -0.0148. The van der Waals surface area contributed by atoms with Gasteiger partial charge in [-0.1, -0.05) is 6.58 Å². The van der Waals surface area contributed by atoms with Crippen molar-refractivity contribution >= 4 is 5.97 Å². The summed E-state index contributed by atoms with van der Waals surface area (Å²) in [6.45, 7) is 3.25. The van der Waals surface area contributed by atoms with Crippen LogP contribution >= 0.6 is 0 Å². The lowest BCUT2D eigenvalue weighted by atomic mass is 9.98. The fourth-order valence-corrected chi connectivity index (χ4v) is 3.01. The van der Waals surface area contributed by atoms with Gasteiger partial charge in [-0.2, -0.15) is 0 Å². The molecule has 0 heterocycles. The van der Waals surface area contributed by atoms with Gasteiger partial charge in [0, 0.05) is 12.0 Å². The Morgan fingerprint density at radius 2 is 1.88 bits per heavy atom. The van der Waals surface area contributed by atoms with E-state index < -0.39 is 5.97 Å². The number of esters is 1. The van der Waals surface area contributed by atoms with Crippen molar-refractivity contribution in [3.8, 4) is 0 Å². The summed E-state index contributed by atoms with van der Waals surface area (Å²) in [5.41, 5.74) is 0. The molecule has 0 radical (unpaired) electrons. The van der Waals surface area contributed by atoms with Gasteiger partial charge in [0.25, 0.3) is 0 Å². The molecule has 2 fully saturated rings. The Kier molecular flexibility index (Phi) is 3.52. The van der Waals surface area contributed by atoms with E-state index in [0.717, 1.165) is 25.7 Å². The molecule has 94 valence electrons. The number of ether oxygens (including phenoxy) is 1. The Morgan fingerprint density at radius 1 is 1.18 bits per heavy atom. The molecule has 4 nitrogen and oxygen atoms in total. The van der Waals surface area contributed by atoms with Gasteiger partial charge in [-0.3, -0.25) is 0 Å². The topological polar surface area (TPSA) is 66.8 Å². The predicted octanol–water partition coefficient (Wildman–Crippen LogP) is 1.71. The van der Waals surface area contributed by atoms with Crippen molar-refractivity contribution in [2.24, 2.45) is 11.8 Å². The summed E-state index contributed by atoms with van der Waals surface area (Å²) in [6, 6.07) is 0. The van der Waals surface area contributed by atoms with E-state index in [0.29, 0.717) is 11.8 Å². The highest BCUT2D eigenvalue weighted by molar-refractivity contribution is 5.82. The second-order valence-electron chi connectivity index (χ2n) is 4.85. The molecule has 2 aliphatic carbocycles. The molecule has 2 aliphatic rings. The summed E-state index contributed by atoms with van der Waals surface area (Å²) in [6.07, 6.45) is 5.59. The van der Waals surface area contributed by atoms with Crippen LogP contribution in [0.2, 0.25) is 0 Å². The van der Waals surface area contributed by atoms with Gasteiger partial charge in [0.1, 0.15) is 11.9 Å². The summed E-state index contributed by atoms with van der Waals surface area (Å²) in [4.78, 5) is 11.4. The molecule has 2 saturated carbocycles. The number of hydrogen-bond donors (Lipinski definition) is 2. The number of aliphatic hydroxyl groups excluding tert-OH is 2.